The van der Waals surface area contributed by atoms with Gasteiger partial charge in [0.1, 0.15) is 18.2 Å². The molecule has 90 valence electrons. The first-order valence-electron chi connectivity index (χ1n) is 5.39. The molecule has 0 amide bonds. The average Bonchev–Trinajstić information content (AvgIpc) is 2.75. The molecule has 1 aromatic heterocycles. The van der Waals surface area contributed by atoms with Gasteiger partial charge in [0.05, 0.1) is 13.2 Å². The number of aliphatic hydroxyl groups is 1. The topological polar surface area (TPSA) is 73.3 Å². The van der Waals surface area contributed by atoms with Gasteiger partial charge in [-0.25, -0.2) is 0 Å². The van der Waals surface area contributed by atoms with Crippen LogP contribution >= 0.6 is 0 Å². The van der Waals surface area contributed by atoms with Crippen LogP contribution in [0.15, 0.2) is 36.5 Å². The van der Waals surface area contributed by atoms with Gasteiger partial charge in [0.2, 0.25) is 0 Å². The number of rotatable bonds is 5. The lowest BCUT2D eigenvalue weighted by molar-refractivity contribution is 0.275. The average molecular weight is 233 g/mol. The van der Waals surface area contributed by atoms with Crippen molar-refractivity contribution in [2.45, 2.75) is 13.2 Å². The number of nitrogens with two attached hydrogens (primary N) is 1. The SMILES string of the molecule is Nc1ccn(CCOc2cccc(CO)c2)n1. The molecule has 0 aliphatic rings. The zero-order chi connectivity index (χ0) is 12.1. The van der Waals surface area contributed by atoms with Crippen molar-refractivity contribution in [1.29, 1.82) is 0 Å². The summed E-state index contributed by atoms with van der Waals surface area (Å²) >= 11 is 0. The van der Waals surface area contributed by atoms with E-state index in [9.17, 15) is 0 Å². The summed E-state index contributed by atoms with van der Waals surface area (Å²) < 4.78 is 7.28. The van der Waals surface area contributed by atoms with Gasteiger partial charge in [0.25, 0.3) is 0 Å². The van der Waals surface area contributed by atoms with E-state index in [4.69, 9.17) is 15.6 Å². The lowest BCUT2D eigenvalue weighted by Crippen LogP contribution is -2.09. The zero-order valence-electron chi connectivity index (χ0n) is 9.41. The van der Waals surface area contributed by atoms with Crippen molar-refractivity contribution < 1.29 is 9.84 Å². The van der Waals surface area contributed by atoms with Crippen molar-refractivity contribution in [1.82, 2.24) is 9.78 Å². The molecule has 5 nitrogen and oxygen atoms in total. The maximum atomic E-state index is 8.98. The summed E-state index contributed by atoms with van der Waals surface area (Å²) in [6, 6.07) is 9.12. The quantitative estimate of drug-likeness (QED) is 0.809. The molecule has 0 atom stereocenters. The Kier molecular flexibility index (Phi) is 3.62. The van der Waals surface area contributed by atoms with Crippen molar-refractivity contribution in [3.8, 4) is 5.75 Å². The van der Waals surface area contributed by atoms with Gasteiger partial charge in [-0.3, -0.25) is 4.68 Å². The molecular formula is C12H15N3O2. The predicted octanol–water partition coefficient (Wildman–Crippen LogP) is 1.04. The first-order chi connectivity index (χ1) is 8.28. The molecule has 0 spiro atoms. The van der Waals surface area contributed by atoms with Crippen LogP contribution in [0.4, 0.5) is 5.82 Å². The summed E-state index contributed by atoms with van der Waals surface area (Å²) in [5.41, 5.74) is 6.34. The minimum atomic E-state index is 0.0207. The van der Waals surface area contributed by atoms with Gasteiger partial charge in [-0.15, -0.1) is 0 Å². The molecule has 17 heavy (non-hydrogen) atoms. The van der Waals surface area contributed by atoms with Crippen LogP contribution in [0.25, 0.3) is 0 Å². The summed E-state index contributed by atoms with van der Waals surface area (Å²) in [4.78, 5) is 0. The standard InChI is InChI=1S/C12H15N3O2/c13-12-4-5-15(14-12)6-7-17-11-3-1-2-10(8-11)9-16/h1-5,8,16H,6-7,9H2,(H2,13,14). The molecule has 0 unspecified atom stereocenters. The Hall–Kier alpha value is -2.01. The maximum absolute atomic E-state index is 8.98. The summed E-state index contributed by atoms with van der Waals surface area (Å²) in [6.07, 6.45) is 1.81. The minimum Gasteiger partial charge on any atom is -0.492 e. The highest BCUT2D eigenvalue weighted by molar-refractivity contribution is 5.28. The molecule has 0 bridgehead atoms. The molecule has 0 radical (unpaired) electrons. The van der Waals surface area contributed by atoms with Crippen LogP contribution in [-0.4, -0.2) is 21.5 Å². The summed E-state index contributed by atoms with van der Waals surface area (Å²) in [6.45, 7) is 1.17. The molecule has 1 heterocycles. The smallest absolute Gasteiger partial charge is 0.145 e. The molecule has 0 saturated carbocycles. The van der Waals surface area contributed by atoms with Crippen molar-refractivity contribution in [2.75, 3.05) is 12.3 Å². The van der Waals surface area contributed by atoms with E-state index in [0.29, 0.717) is 19.0 Å². The number of ether oxygens (including phenoxy) is 1. The first-order valence-corrected chi connectivity index (χ1v) is 5.39. The Bertz CT molecular complexity index is 482. The molecule has 1 aromatic carbocycles. The van der Waals surface area contributed by atoms with E-state index in [0.717, 1.165) is 11.3 Å². The lowest BCUT2D eigenvalue weighted by atomic mass is 10.2. The number of hydrogen-bond acceptors (Lipinski definition) is 4. The molecule has 0 saturated heterocycles. The number of nitrogens with zero attached hydrogens (tertiary/aromatic N) is 2. The fourth-order valence-electron chi connectivity index (χ4n) is 1.49. The molecule has 0 aliphatic heterocycles. The van der Waals surface area contributed by atoms with E-state index in [2.05, 4.69) is 5.10 Å². The maximum Gasteiger partial charge on any atom is 0.145 e. The normalized spacial score (nSPS) is 10.4. The van der Waals surface area contributed by atoms with E-state index in [1.807, 2.05) is 30.5 Å². The second-order valence-electron chi connectivity index (χ2n) is 3.66. The molecular weight excluding hydrogens is 218 g/mol. The van der Waals surface area contributed by atoms with Gasteiger partial charge < -0.3 is 15.6 Å². The summed E-state index contributed by atoms with van der Waals surface area (Å²) in [7, 11) is 0. The monoisotopic (exact) mass is 233 g/mol. The number of hydrogen-bond donors (Lipinski definition) is 2. The van der Waals surface area contributed by atoms with Gasteiger partial charge >= 0.3 is 0 Å². The highest BCUT2D eigenvalue weighted by Crippen LogP contribution is 2.13. The Balaban J connectivity index is 1.85. The van der Waals surface area contributed by atoms with Crippen LogP contribution in [0.3, 0.4) is 0 Å². The minimum absolute atomic E-state index is 0.0207. The molecule has 0 fully saturated rings. The Labute approximate surface area is 99.4 Å². The van der Waals surface area contributed by atoms with E-state index < -0.39 is 0 Å². The van der Waals surface area contributed by atoms with E-state index in [-0.39, 0.29) is 6.61 Å². The van der Waals surface area contributed by atoms with Gasteiger partial charge in [-0.05, 0) is 23.8 Å². The third-order valence-electron chi connectivity index (χ3n) is 2.33. The van der Waals surface area contributed by atoms with Gasteiger partial charge in [-0.2, -0.15) is 5.10 Å². The number of benzene rings is 1. The summed E-state index contributed by atoms with van der Waals surface area (Å²) in [5.74, 6) is 1.25. The van der Waals surface area contributed by atoms with E-state index in [1.165, 1.54) is 0 Å². The van der Waals surface area contributed by atoms with E-state index in [1.54, 1.807) is 10.7 Å². The van der Waals surface area contributed by atoms with Crippen molar-refractivity contribution >= 4 is 5.82 Å². The first kappa shape index (κ1) is 11.5. The second-order valence-corrected chi connectivity index (χ2v) is 3.66. The Morgan fingerprint density at radius 1 is 1.35 bits per heavy atom. The highest BCUT2D eigenvalue weighted by Gasteiger charge is 1.97. The third kappa shape index (κ3) is 3.22. The van der Waals surface area contributed by atoms with Crippen LogP contribution < -0.4 is 10.5 Å². The third-order valence-corrected chi connectivity index (χ3v) is 2.33. The molecule has 2 aromatic rings. The van der Waals surface area contributed by atoms with Crippen molar-refractivity contribution in [3.63, 3.8) is 0 Å². The van der Waals surface area contributed by atoms with Crippen LogP contribution in [0.1, 0.15) is 5.56 Å². The van der Waals surface area contributed by atoms with Crippen LogP contribution in [0.2, 0.25) is 0 Å². The van der Waals surface area contributed by atoms with Gasteiger partial charge in [-0.1, -0.05) is 12.1 Å². The fourth-order valence-corrected chi connectivity index (χ4v) is 1.49. The fraction of sp³-hybridized carbons (Fsp3) is 0.250. The predicted molar refractivity (Wildman–Crippen MR) is 64.5 cm³/mol. The number of aliphatic hydroxyl groups excluding tert-OH is 1. The molecule has 2 rings (SSSR count). The lowest BCUT2D eigenvalue weighted by Gasteiger charge is -2.07. The molecule has 3 N–H and O–H groups in total. The molecule has 5 heteroatoms. The van der Waals surface area contributed by atoms with Crippen LogP contribution in [0.5, 0.6) is 5.75 Å². The number of nitrogen functional groups attached to an aromatic ring is 1. The van der Waals surface area contributed by atoms with Crippen molar-refractivity contribution in [2.24, 2.45) is 0 Å². The number of anilines is 1. The van der Waals surface area contributed by atoms with E-state index >= 15 is 0 Å². The largest absolute Gasteiger partial charge is 0.492 e. The van der Waals surface area contributed by atoms with Gasteiger partial charge in [0, 0.05) is 6.20 Å². The Morgan fingerprint density at radius 3 is 2.94 bits per heavy atom. The van der Waals surface area contributed by atoms with Gasteiger partial charge in [0.15, 0.2) is 0 Å². The zero-order valence-corrected chi connectivity index (χ0v) is 9.41. The number of aromatic nitrogens is 2. The Morgan fingerprint density at radius 2 is 2.24 bits per heavy atom. The van der Waals surface area contributed by atoms with Crippen LogP contribution in [0, 0.1) is 0 Å². The summed E-state index contributed by atoms with van der Waals surface area (Å²) in [5, 5.41) is 13.0. The van der Waals surface area contributed by atoms with Crippen molar-refractivity contribution in [3.05, 3.63) is 42.1 Å². The highest BCUT2D eigenvalue weighted by atomic mass is 16.5. The van der Waals surface area contributed by atoms with Crippen LogP contribution in [-0.2, 0) is 13.2 Å². The molecule has 0 aliphatic carbocycles. The second kappa shape index (κ2) is 5.36.